The Balaban J connectivity index is 1.34. The van der Waals surface area contributed by atoms with Crippen LogP contribution in [-0.2, 0) is 13.2 Å². The Hall–Kier alpha value is -2.94. The van der Waals surface area contributed by atoms with E-state index >= 15 is 0 Å². The fourth-order valence-electron chi connectivity index (χ4n) is 2.71. The molecule has 0 aliphatic rings. The van der Waals surface area contributed by atoms with Gasteiger partial charge in [-0.2, -0.15) is 0 Å². The Morgan fingerprint density at radius 2 is 2.00 bits per heavy atom. The average molecular weight is 477 g/mol. The quantitative estimate of drug-likeness (QED) is 0.373. The van der Waals surface area contributed by atoms with Gasteiger partial charge in [-0.25, -0.2) is 14.1 Å². The van der Waals surface area contributed by atoms with Crippen molar-refractivity contribution >= 4 is 46.4 Å². The first kappa shape index (κ1) is 21.3. The molecule has 0 atom stereocenters. The fourth-order valence-corrected chi connectivity index (χ4v) is 3.82. The molecule has 1 amide bonds. The van der Waals surface area contributed by atoms with E-state index in [0.29, 0.717) is 27.2 Å². The predicted octanol–water partition coefficient (Wildman–Crippen LogP) is 5.67. The number of amides is 1. The van der Waals surface area contributed by atoms with Crippen LogP contribution in [0, 0.1) is 5.82 Å². The van der Waals surface area contributed by atoms with Crippen molar-refractivity contribution in [2.24, 2.45) is 0 Å². The molecule has 0 saturated carbocycles. The Kier molecular flexibility index (Phi) is 6.50. The van der Waals surface area contributed by atoms with Gasteiger partial charge >= 0.3 is 0 Å². The van der Waals surface area contributed by atoms with Crippen molar-refractivity contribution in [3.8, 4) is 5.75 Å². The number of thiophene rings is 1. The summed E-state index contributed by atoms with van der Waals surface area (Å²) in [5.41, 5.74) is 1.70. The summed E-state index contributed by atoms with van der Waals surface area (Å²) >= 11 is 13.2. The number of rotatable bonds is 7. The SMILES string of the molecule is O=C(Nc1ncn(Cc2ccc(Cl)c(Cl)c2)n1)c1cc(COc2cccc(F)c2)cs1. The van der Waals surface area contributed by atoms with Gasteiger partial charge in [0, 0.05) is 11.6 Å². The molecule has 0 aliphatic heterocycles. The van der Waals surface area contributed by atoms with E-state index in [1.54, 1.807) is 35.0 Å². The summed E-state index contributed by atoms with van der Waals surface area (Å²) in [6.45, 7) is 0.657. The number of carbonyl (C=O) groups is 1. The number of benzene rings is 2. The third kappa shape index (κ3) is 5.61. The van der Waals surface area contributed by atoms with Gasteiger partial charge in [0.1, 0.15) is 24.5 Å². The predicted molar refractivity (Wildman–Crippen MR) is 119 cm³/mol. The van der Waals surface area contributed by atoms with Crippen LogP contribution in [0.4, 0.5) is 10.3 Å². The Morgan fingerprint density at radius 1 is 1.13 bits per heavy atom. The molecule has 158 valence electrons. The topological polar surface area (TPSA) is 69.0 Å². The molecule has 4 aromatic rings. The van der Waals surface area contributed by atoms with Crippen molar-refractivity contribution in [2.75, 3.05) is 5.32 Å². The summed E-state index contributed by atoms with van der Waals surface area (Å²) < 4.78 is 20.3. The highest BCUT2D eigenvalue weighted by Gasteiger charge is 2.13. The molecule has 0 radical (unpaired) electrons. The van der Waals surface area contributed by atoms with Crippen LogP contribution in [0.15, 0.2) is 60.2 Å². The Bertz CT molecular complexity index is 1230. The number of halogens is 3. The molecular weight excluding hydrogens is 462 g/mol. The van der Waals surface area contributed by atoms with Crippen LogP contribution in [0.2, 0.25) is 10.0 Å². The minimum absolute atomic E-state index is 0.191. The van der Waals surface area contributed by atoms with E-state index in [-0.39, 0.29) is 24.3 Å². The van der Waals surface area contributed by atoms with Gasteiger partial charge in [0.05, 0.1) is 21.5 Å². The van der Waals surface area contributed by atoms with Gasteiger partial charge in [0.2, 0.25) is 5.95 Å². The molecule has 31 heavy (non-hydrogen) atoms. The molecule has 0 bridgehead atoms. The largest absolute Gasteiger partial charge is 0.489 e. The van der Waals surface area contributed by atoms with Gasteiger partial charge in [-0.15, -0.1) is 16.4 Å². The van der Waals surface area contributed by atoms with Gasteiger partial charge < -0.3 is 4.74 Å². The first-order valence-electron chi connectivity index (χ1n) is 9.07. The molecule has 2 aromatic heterocycles. The monoisotopic (exact) mass is 476 g/mol. The molecule has 0 fully saturated rings. The summed E-state index contributed by atoms with van der Waals surface area (Å²) in [4.78, 5) is 17.1. The minimum Gasteiger partial charge on any atom is -0.489 e. The molecule has 2 heterocycles. The molecular formula is C21H15Cl2FN4O2S. The van der Waals surface area contributed by atoms with E-state index in [4.69, 9.17) is 27.9 Å². The summed E-state index contributed by atoms with van der Waals surface area (Å²) in [5.74, 6) is -0.0757. The summed E-state index contributed by atoms with van der Waals surface area (Å²) in [7, 11) is 0. The van der Waals surface area contributed by atoms with Crippen molar-refractivity contribution in [1.82, 2.24) is 14.8 Å². The van der Waals surface area contributed by atoms with E-state index in [9.17, 15) is 9.18 Å². The molecule has 6 nitrogen and oxygen atoms in total. The fraction of sp³-hybridized carbons (Fsp3) is 0.0952. The van der Waals surface area contributed by atoms with E-state index in [0.717, 1.165) is 11.1 Å². The number of hydrogen-bond donors (Lipinski definition) is 1. The highest BCUT2D eigenvalue weighted by Crippen LogP contribution is 2.23. The van der Waals surface area contributed by atoms with Crippen LogP contribution in [0.25, 0.3) is 0 Å². The molecule has 0 aliphatic carbocycles. The van der Waals surface area contributed by atoms with Crippen LogP contribution in [0.1, 0.15) is 20.8 Å². The molecule has 1 N–H and O–H groups in total. The Morgan fingerprint density at radius 3 is 2.81 bits per heavy atom. The van der Waals surface area contributed by atoms with Gasteiger partial charge in [0.15, 0.2) is 0 Å². The first-order chi connectivity index (χ1) is 15.0. The minimum atomic E-state index is -0.367. The number of hydrogen-bond acceptors (Lipinski definition) is 5. The normalized spacial score (nSPS) is 10.8. The Labute approximate surface area is 191 Å². The lowest BCUT2D eigenvalue weighted by Crippen LogP contribution is -2.12. The standard InChI is InChI=1S/C21H15Cl2FN4O2S/c22-17-5-4-13(6-18(17)23)9-28-12-25-21(27-28)26-20(29)19-7-14(11-31-19)10-30-16-3-1-2-15(24)8-16/h1-8,11-12H,9-10H2,(H,26,27,29). The third-order valence-corrected chi connectivity index (χ3v) is 5.89. The second-order valence-corrected chi connectivity index (χ2v) is 8.26. The number of anilines is 1. The van der Waals surface area contributed by atoms with Crippen LogP contribution < -0.4 is 10.1 Å². The van der Waals surface area contributed by atoms with Gasteiger partial charge in [-0.05, 0) is 41.3 Å². The van der Waals surface area contributed by atoms with E-state index in [1.807, 2.05) is 11.4 Å². The van der Waals surface area contributed by atoms with E-state index < -0.39 is 0 Å². The van der Waals surface area contributed by atoms with Crippen LogP contribution >= 0.6 is 34.5 Å². The zero-order valence-corrected chi connectivity index (χ0v) is 18.2. The summed E-state index contributed by atoms with van der Waals surface area (Å²) in [6.07, 6.45) is 1.52. The number of nitrogens with one attached hydrogen (secondary N) is 1. The lowest BCUT2D eigenvalue weighted by molar-refractivity contribution is 0.102. The van der Waals surface area contributed by atoms with Gasteiger partial charge in [-0.1, -0.05) is 35.3 Å². The summed E-state index contributed by atoms with van der Waals surface area (Å²) in [6, 6.07) is 12.9. The zero-order valence-electron chi connectivity index (χ0n) is 15.9. The van der Waals surface area contributed by atoms with Gasteiger partial charge in [-0.3, -0.25) is 10.1 Å². The molecule has 0 spiro atoms. The molecule has 0 saturated heterocycles. The van der Waals surface area contributed by atoms with Crippen LogP contribution in [0.3, 0.4) is 0 Å². The van der Waals surface area contributed by atoms with Crippen molar-refractivity contribution < 1.29 is 13.9 Å². The number of carbonyl (C=O) groups excluding carboxylic acids is 1. The highest BCUT2D eigenvalue weighted by molar-refractivity contribution is 7.12. The lowest BCUT2D eigenvalue weighted by atomic mass is 10.2. The first-order valence-corrected chi connectivity index (χ1v) is 10.7. The maximum absolute atomic E-state index is 13.2. The lowest BCUT2D eigenvalue weighted by Gasteiger charge is -2.04. The second-order valence-electron chi connectivity index (χ2n) is 6.53. The number of aromatic nitrogens is 3. The van der Waals surface area contributed by atoms with Gasteiger partial charge in [0.25, 0.3) is 5.91 Å². The van der Waals surface area contributed by atoms with Crippen molar-refractivity contribution in [1.29, 1.82) is 0 Å². The average Bonchev–Trinajstić information content (AvgIpc) is 3.39. The smallest absolute Gasteiger partial charge is 0.268 e. The number of ether oxygens (including phenoxy) is 1. The molecule has 2 aromatic carbocycles. The third-order valence-electron chi connectivity index (χ3n) is 4.17. The molecule has 10 heteroatoms. The van der Waals surface area contributed by atoms with Crippen LogP contribution in [-0.4, -0.2) is 20.7 Å². The van der Waals surface area contributed by atoms with Crippen molar-refractivity contribution in [3.05, 3.63) is 92.1 Å². The summed E-state index contributed by atoms with van der Waals surface area (Å²) in [5, 5.41) is 9.68. The van der Waals surface area contributed by atoms with Crippen molar-refractivity contribution in [2.45, 2.75) is 13.2 Å². The van der Waals surface area contributed by atoms with Crippen molar-refractivity contribution in [3.63, 3.8) is 0 Å². The van der Waals surface area contributed by atoms with E-state index in [2.05, 4.69) is 15.4 Å². The second kappa shape index (κ2) is 9.47. The van der Waals surface area contributed by atoms with E-state index in [1.165, 1.54) is 29.8 Å². The number of nitrogens with zero attached hydrogens (tertiary/aromatic N) is 3. The van der Waals surface area contributed by atoms with Crippen LogP contribution in [0.5, 0.6) is 5.75 Å². The highest BCUT2D eigenvalue weighted by atomic mass is 35.5. The zero-order chi connectivity index (χ0) is 21.8. The molecule has 4 rings (SSSR count). The maximum atomic E-state index is 13.2. The molecule has 0 unspecified atom stereocenters. The maximum Gasteiger partial charge on any atom is 0.268 e.